The van der Waals surface area contributed by atoms with E-state index in [-0.39, 0.29) is 0 Å². The van der Waals surface area contributed by atoms with Gasteiger partial charge in [-0.2, -0.15) is 0 Å². The molecule has 0 amide bonds. The van der Waals surface area contributed by atoms with Gasteiger partial charge in [0, 0.05) is 10.4 Å². The molecule has 16 heavy (non-hydrogen) atoms. The molecule has 78 valence electrons. The third kappa shape index (κ3) is 1.52. The van der Waals surface area contributed by atoms with E-state index < -0.39 is 0 Å². The molecule has 2 aliphatic rings. The van der Waals surface area contributed by atoms with E-state index >= 15 is 0 Å². The Morgan fingerprint density at radius 1 is 0.875 bits per heavy atom. The molecule has 0 spiro atoms. The highest BCUT2D eigenvalue weighted by Gasteiger charge is 2.11. The van der Waals surface area contributed by atoms with Crippen molar-refractivity contribution in [3.63, 3.8) is 0 Å². The largest absolute Gasteiger partial charge is 0.0732 e. The highest BCUT2D eigenvalue weighted by Crippen LogP contribution is 2.22. The summed E-state index contributed by atoms with van der Waals surface area (Å²) in [6.07, 6.45) is 13.0. The summed E-state index contributed by atoms with van der Waals surface area (Å²) >= 11 is 3.64. The molecule has 1 atom stereocenters. The van der Waals surface area contributed by atoms with Gasteiger partial charge in [-0.3, -0.25) is 0 Å². The summed E-state index contributed by atoms with van der Waals surface area (Å²) < 4.78 is 1.16. The fourth-order valence-electron chi connectivity index (χ4n) is 2.22. The van der Waals surface area contributed by atoms with Gasteiger partial charge in [0.1, 0.15) is 0 Å². The van der Waals surface area contributed by atoms with Crippen LogP contribution in [0.15, 0.2) is 60.7 Å². The molecular weight excluding hydrogens is 260 g/mol. The molecule has 1 heteroatoms. The summed E-state index contributed by atoms with van der Waals surface area (Å²) in [5.74, 6) is 0.404. The minimum absolute atomic E-state index is 0.404. The molecular formula is C15H11Br. The SMILES string of the molecule is BrC1=c2ccccc2=C2C=CC=CC2C=C1. The van der Waals surface area contributed by atoms with Crippen molar-refractivity contribution >= 4 is 26.0 Å². The Bertz CT molecular complexity index is 630. The average molecular weight is 271 g/mol. The molecule has 0 saturated heterocycles. The van der Waals surface area contributed by atoms with Crippen molar-refractivity contribution in [2.24, 2.45) is 5.92 Å². The fourth-order valence-corrected chi connectivity index (χ4v) is 2.71. The van der Waals surface area contributed by atoms with Crippen molar-refractivity contribution in [3.05, 3.63) is 71.2 Å². The molecule has 0 saturated carbocycles. The lowest BCUT2D eigenvalue weighted by Crippen LogP contribution is -2.28. The van der Waals surface area contributed by atoms with Gasteiger partial charge < -0.3 is 0 Å². The van der Waals surface area contributed by atoms with Gasteiger partial charge in [0.2, 0.25) is 0 Å². The maximum atomic E-state index is 3.64. The van der Waals surface area contributed by atoms with Gasteiger partial charge in [-0.25, -0.2) is 0 Å². The van der Waals surface area contributed by atoms with Gasteiger partial charge >= 0.3 is 0 Å². The van der Waals surface area contributed by atoms with E-state index in [2.05, 4.69) is 76.7 Å². The molecule has 2 aliphatic carbocycles. The lowest BCUT2D eigenvalue weighted by atomic mass is 9.93. The van der Waals surface area contributed by atoms with Crippen molar-refractivity contribution in [1.82, 2.24) is 0 Å². The quantitative estimate of drug-likeness (QED) is 0.680. The minimum atomic E-state index is 0.404. The van der Waals surface area contributed by atoms with Crippen molar-refractivity contribution in [3.8, 4) is 0 Å². The predicted molar refractivity (Wildman–Crippen MR) is 72.3 cm³/mol. The maximum absolute atomic E-state index is 3.64. The van der Waals surface area contributed by atoms with Crippen LogP contribution in [0.3, 0.4) is 0 Å². The highest BCUT2D eigenvalue weighted by atomic mass is 79.9. The Labute approximate surface area is 103 Å². The first kappa shape index (κ1) is 9.86. The van der Waals surface area contributed by atoms with Crippen molar-refractivity contribution in [2.75, 3.05) is 0 Å². The van der Waals surface area contributed by atoms with E-state index in [4.69, 9.17) is 0 Å². The fraction of sp³-hybridized carbons (Fsp3) is 0.0667. The lowest BCUT2D eigenvalue weighted by Gasteiger charge is -2.11. The van der Waals surface area contributed by atoms with Crippen molar-refractivity contribution in [2.45, 2.75) is 0 Å². The summed E-state index contributed by atoms with van der Waals surface area (Å²) in [6, 6.07) is 8.53. The second-order valence-corrected chi connectivity index (χ2v) is 4.83. The number of hydrogen-bond donors (Lipinski definition) is 0. The van der Waals surface area contributed by atoms with E-state index in [1.54, 1.807) is 0 Å². The van der Waals surface area contributed by atoms with Crippen LogP contribution in [0, 0.1) is 5.92 Å². The Morgan fingerprint density at radius 2 is 1.69 bits per heavy atom. The first-order valence-electron chi connectivity index (χ1n) is 5.38. The van der Waals surface area contributed by atoms with Crippen LogP contribution < -0.4 is 10.4 Å². The van der Waals surface area contributed by atoms with E-state index in [1.165, 1.54) is 16.0 Å². The highest BCUT2D eigenvalue weighted by molar-refractivity contribution is 9.15. The number of rotatable bonds is 0. The molecule has 1 aromatic carbocycles. The zero-order valence-electron chi connectivity index (χ0n) is 8.73. The van der Waals surface area contributed by atoms with Crippen LogP contribution >= 0.6 is 15.9 Å². The molecule has 0 nitrogen and oxygen atoms in total. The predicted octanol–water partition coefficient (Wildman–Crippen LogP) is 2.65. The van der Waals surface area contributed by atoms with Crippen LogP contribution in [-0.2, 0) is 0 Å². The number of fused-ring (bicyclic) bond motifs is 2. The van der Waals surface area contributed by atoms with Crippen LogP contribution in [0.25, 0.3) is 10.1 Å². The molecule has 1 aromatic rings. The molecule has 1 unspecified atom stereocenters. The number of benzene rings is 1. The first-order valence-corrected chi connectivity index (χ1v) is 6.18. The van der Waals surface area contributed by atoms with Gasteiger partial charge in [-0.15, -0.1) is 0 Å². The number of hydrogen-bond acceptors (Lipinski definition) is 0. The van der Waals surface area contributed by atoms with Gasteiger partial charge in [0.05, 0.1) is 0 Å². The summed E-state index contributed by atoms with van der Waals surface area (Å²) in [4.78, 5) is 0. The van der Waals surface area contributed by atoms with Crippen molar-refractivity contribution in [1.29, 1.82) is 0 Å². The van der Waals surface area contributed by atoms with Crippen molar-refractivity contribution < 1.29 is 0 Å². The van der Waals surface area contributed by atoms with Gasteiger partial charge in [-0.05, 0) is 16.0 Å². The van der Waals surface area contributed by atoms with Gasteiger partial charge in [0.15, 0.2) is 0 Å². The summed E-state index contributed by atoms with van der Waals surface area (Å²) in [5, 5.41) is 2.60. The Morgan fingerprint density at radius 3 is 2.56 bits per heavy atom. The Kier molecular flexibility index (Phi) is 2.41. The molecule has 0 radical (unpaired) electrons. The summed E-state index contributed by atoms with van der Waals surface area (Å²) in [7, 11) is 0. The van der Waals surface area contributed by atoms with E-state index in [1.807, 2.05) is 0 Å². The molecule has 0 N–H and O–H groups in total. The molecule has 0 heterocycles. The zero-order valence-corrected chi connectivity index (χ0v) is 10.3. The zero-order chi connectivity index (χ0) is 11.0. The molecule has 0 fully saturated rings. The summed E-state index contributed by atoms with van der Waals surface area (Å²) in [6.45, 7) is 0. The number of halogens is 1. The third-order valence-electron chi connectivity index (χ3n) is 3.01. The summed E-state index contributed by atoms with van der Waals surface area (Å²) in [5.41, 5.74) is 1.38. The smallest absolute Gasteiger partial charge is 0.0250 e. The maximum Gasteiger partial charge on any atom is 0.0250 e. The second-order valence-electron chi connectivity index (χ2n) is 3.98. The van der Waals surface area contributed by atoms with E-state index in [0.29, 0.717) is 5.92 Å². The Balaban J connectivity index is 2.48. The first-order chi connectivity index (χ1) is 7.86. The third-order valence-corrected chi connectivity index (χ3v) is 3.70. The van der Waals surface area contributed by atoms with Gasteiger partial charge in [0.25, 0.3) is 0 Å². The van der Waals surface area contributed by atoms with E-state index in [9.17, 15) is 0 Å². The Hall–Kier alpha value is -1.34. The normalized spacial score (nSPS) is 21.7. The van der Waals surface area contributed by atoms with Crippen LogP contribution in [0.4, 0.5) is 0 Å². The monoisotopic (exact) mass is 270 g/mol. The molecule has 0 bridgehead atoms. The van der Waals surface area contributed by atoms with E-state index in [0.717, 1.165) is 4.48 Å². The topological polar surface area (TPSA) is 0 Å². The van der Waals surface area contributed by atoms with Gasteiger partial charge in [-0.1, -0.05) is 76.7 Å². The molecule has 0 aliphatic heterocycles. The van der Waals surface area contributed by atoms with Crippen LogP contribution in [0.2, 0.25) is 0 Å². The minimum Gasteiger partial charge on any atom is -0.0732 e. The average Bonchev–Trinajstić information content (AvgIpc) is 2.49. The molecule has 0 aromatic heterocycles. The van der Waals surface area contributed by atoms with Crippen LogP contribution in [0.5, 0.6) is 0 Å². The number of allylic oxidation sites excluding steroid dienone is 6. The van der Waals surface area contributed by atoms with Crippen LogP contribution in [0.1, 0.15) is 0 Å². The lowest BCUT2D eigenvalue weighted by molar-refractivity contribution is 1.08. The molecule has 3 rings (SSSR count). The second kappa shape index (κ2) is 3.91. The standard InChI is InChI=1S/C15H11Br/c16-15-10-9-11-5-1-2-6-12(11)13-7-3-4-8-14(13)15/h1-11H. The van der Waals surface area contributed by atoms with Crippen LogP contribution in [-0.4, -0.2) is 0 Å².